The van der Waals surface area contributed by atoms with Crippen LogP contribution in [0.25, 0.3) is 0 Å². The largest absolute Gasteiger partial charge is 0.462 e. The van der Waals surface area contributed by atoms with Crippen molar-refractivity contribution in [3.05, 3.63) is 65.7 Å². The summed E-state index contributed by atoms with van der Waals surface area (Å²) in [6, 6.07) is 15.4. The maximum absolute atomic E-state index is 13.2. The van der Waals surface area contributed by atoms with Gasteiger partial charge in [0.05, 0.1) is 17.1 Å². The molecule has 27 heavy (non-hydrogen) atoms. The third-order valence-corrected chi connectivity index (χ3v) is 5.82. The van der Waals surface area contributed by atoms with E-state index in [1.807, 2.05) is 49.3 Å². The summed E-state index contributed by atoms with van der Waals surface area (Å²) in [5, 5.41) is 0. The molecule has 0 saturated heterocycles. The van der Waals surface area contributed by atoms with E-state index >= 15 is 0 Å². The van der Waals surface area contributed by atoms with Crippen molar-refractivity contribution in [3.63, 3.8) is 0 Å². The van der Waals surface area contributed by atoms with Crippen LogP contribution in [-0.2, 0) is 21.3 Å². The van der Waals surface area contributed by atoms with Crippen LogP contribution in [0.3, 0.4) is 0 Å². The number of carbonyl (C=O) groups is 1. The van der Waals surface area contributed by atoms with Gasteiger partial charge in [0.25, 0.3) is 0 Å². The highest BCUT2D eigenvalue weighted by Gasteiger charge is 2.25. The van der Waals surface area contributed by atoms with Crippen LogP contribution in [0, 0.1) is 0 Å². The quantitative estimate of drug-likeness (QED) is 0.616. The lowest BCUT2D eigenvalue weighted by Gasteiger charge is -2.24. The van der Waals surface area contributed by atoms with Gasteiger partial charge in [-0.1, -0.05) is 36.4 Å². The fourth-order valence-electron chi connectivity index (χ4n) is 2.53. The fraction of sp³-hybridized carbons (Fsp3) is 0.350. The Kier molecular flexibility index (Phi) is 7.53. The lowest BCUT2D eigenvalue weighted by atomic mass is 10.2. The topological polar surface area (TPSA) is 66.9 Å². The van der Waals surface area contributed by atoms with E-state index < -0.39 is 16.0 Å². The molecule has 0 amide bonds. The third-order valence-electron chi connectivity index (χ3n) is 3.98. The third kappa shape index (κ3) is 5.89. The second-order valence-electron chi connectivity index (χ2n) is 6.38. The molecule has 0 atom stereocenters. The Morgan fingerprint density at radius 1 is 1.00 bits per heavy atom. The number of esters is 1. The van der Waals surface area contributed by atoms with Gasteiger partial charge in [-0.3, -0.25) is 0 Å². The molecule has 0 fully saturated rings. The smallest absolute Gasteiger partial charge is 0.338 e. The lowest BCUT2D eigenvalue weighted by Crippen LogP contribution is -2.36. The highest BCUT2D eigenvalue weighted by Crippen LogP contribution is 2.20. The lowest BCUT2D eigenvalue weighted by molar-refractivity contribution is 0.0526. The Bertz CT molecular complexity index is 851. The normalized spacial score (nSPS) is 11.7. The number of carbonyl (C=O) groups excluding carboxylic acids is 1. The molecule has 2 aromatic rings. The second kappa shape index (κ2) is 9.64. The number of ether oxygens (including phenoxy) is 1. The Balaban J connectivity index is 2.34. The first-order chi connectivity index (χ1) is 12.8. The molecule has 0 unspecified atom stereocenters. The van der Waals surface area contributed by atoms with Crippen molar-refractivity contribution in [2.75, 3.05) is 33.8 Å². The zero-order valence-corrected chi connectivity index (χ0v) is 16.8. The first kappa shape index (κ1) is 21.1. The van der Waals surface area contributed by atoms with Crippen LogP contribution in [-0.4, -0.2) is 57.4 Å². The number of nitrogens with zero attached hydrogens (tertiary/aromatic N) is 2. The van der Waals surface area contributed by atoms with Crippen LogP contribution in [0.1, 0.15) is 22.8 Å². The summed E-state index contributed by atoms with van der Waals surface area (Å²) < 4.78 is 32.9. The minimum atomic E-state index is -3.77. The van der Waals surface area contributed by atoms with Crippen molar-refractivity contribution in [1.29, 1.82) is 0 Å². The van der Waals surface area contributed by atoms with Crippen molar-refractivity contribution in [2.45, 2.75) is 18.4 Å². The van der Waals surface area contributed by atoms with E-state index in [1.54, 1.807) is 19.1 Å². The molecule has 0 aromatic heterocycles. The highest BCUT2D eigenvalue weighted by atomic mass is 32.2. The first-order valence-electron chi connectivity index (χ1n) is 8.80. The van der Waals surface area contributed by atoms with Gasteiger partial charge in [0.2, 0.25) is 10.0 Å². The number of hydrogen-bond acceptors (Lipinski definition) is 5. The van der Waals surface area contributed by atoms with Crippen molar-refractivity contribution in [3.8, 4) is 0 Å². The van der Waals surface area contributed by atoms with E-state index in [9.17, 15) is 13.2 Å². The van der Waals surface area contributed by atoms with Crippen molar-refractivity contribution < 1.29 is 17.9 Å². The van der Waals surface area contributed by atoms with Crippen LogP contribution < -0.4 is 0 Å². The molecule has 2 aromatic carbocycles. The molecule has 0 spiro atoms. The van der Waals surface area contributed by atoms with E-state index in [-0.39, 0.29) is 23.6 Å². The molecule has 6 nitrogen and oxygen atoms in total. The van der Waals surface area contributed by atoms with E-state index in [0.717, 1.165) is 5.56 Å². The Hall–Kier alpha value is -2.22. The molecule has 2 rings (SSSR count). The molecule has 0 bridgehead atoms. The summed E-state index contributed by atoms with van der Waals surface area (Å²) in [5.74, 6) is -0.530. The molecule has 0 aliphatic carbocycles. The van der Waals surface area contributed by atoms with Gasteiger partial charge in [0.1, 0.15) is 0 Å². The molecule has 7 heteroatoms. The molecule has 0 heterocycles. The second-order valence-corrected chi connectivity index (χ2v) is 8.31. The SMILES string of the molecule is CCOC(=O)c1cccc(S(=O)(=O)N(CCN(C)C)Cc2ccccc2)c1. The van der Waals surface area contributed by atoms with Crippen molar-refractivity contribution >= 4 is 16.0 Å². The van der Waals surface area contributed by atoms with Gasteiger partial charge < -0.3 is 9.64 Å². The van der Waals surface area contributed by atoms with Gasteiger partial charge >= 0.3 is 5.97 Å². The minimum absolute atomic E-state index is 0.0859. The molecule has 0 saturated carbocycles. The predicted octanol–water partition coefficient (Wildman–Crippen LogP) is 2.62. The number of hydrogen-bond donors (Lipinski definition) is 0. The van der Waals surface area contributed by atoms with Crippen LogP contribution in [0.2, 0.25) is 0 Å². The number of rotatable bonds is 9. The van der Waals surface area contributed by atoms with Crippen molar-refractivity contribution in [2.24, 2.45) is 0 Å². The van der Waals surface area contributed by atoms with Gasteiger partial charge in [-0.2, -0.15) is 4.31 Å². The molecular weight excluding hydrogens is 364 g/mol. The van der Waals surface area contributed by atoms with Gasteiger partial charge in [-0.05, 0) is 44.8 Å². The molecular formula is C20H26N2O4S. The van der Waals surface area contributed by atoms with Gasteiger partial charge in [0.15, 0.2) is 0 Å². The Morgan fingerprint density at radius 2 is 1.70 bits per heavy atom. The summed E-state index contributed by atoms with van der Waals surface area (Å²) in [6.45, 7) is 3.14. The van der Waals surface area contributed by atoms with E-state index in [1.165, 1.54) is 16.4 Å². The molecule has 0 aliphatic rings. The molecule has 0 N–H and O–H groups in total. The first-order valence-corrected chi connectivity index (χ1v) is 10.2. The monoisotopic (exact) mass is 390 g/mol. The summed E-state index contributed by atoms with van der Waals surface area (Å²) in [5.41, 5.74) is 1.13. The summed E-state index contributed by atoms with van der Waals surface area (Å²) in [6.07, 6.45) is 0. The van der Waals surface area contributed by atoms with Crippen LogP contribution >= 0.6 is 0 Å². The summed E-state index contributed by atoms with van der Waals surface area (Å²) >= 11 is 0. The Labute approximate surface area is 161 Å². The van der Waals surface area contributed by atoms with Crippen LogP contribution in [0.5, 0.6) is 0 Å². The maximum Gasteiger partial charge on any atom is 0.338 e. The fourth-order valence-corrected chi connectivity index (χ4v) is 4.00. The summed E-state index contributed by atoms with van der Waals surface area (Å²) in [7, 11) is 0.0280. The molecule has 146 valence electrons. The van der Waals surface area contributed by atoms with Crippen molar-refractivity contribution in [1.82, 2.24) is 9.21 Å². The van der Waals surface area contributed by atoms with E-state index in [4.69, 9.17) is 4.74 Å². The van der Waals surface area contributed by atoms with Crippen LogP contribution in [0.4, 0.5) is 0 Å². The summed E-state index contributed by atoms with van der Waals surface area (Å²) in [4.78, 5) is 14.0. The minimum Gasteiger partial charge on any atom is -0.462 e. The predicted molar refractivity (Wildman–Crippen MR) is 105 cm³/mol. The zero-order chi connectivity index (χ0) is 19.9. The van der Waals surface area contributed by atoms with E-state index in [0.29, 0.717) is 13.1 Å². The standard InChI is InChI=1S/C20H26N2O4S/c1-4-26-20(23)18-11-8-12-19(15-18)27(24,25)22(14-13-21(2)3)16-17-9-6-5-7-10-17/h5-12,15H,4,13-14,16H2,1-3H3. The number of likely N-dealkylation sites (N-methyl/N-ethyl adjacent to an activating group) is 1. The van der Waals surface area contributed by atoms with Gasteiger partial charge in [0, 0.05) is 19.6 Å². The van der Waals surface area contributed by atoms with Gasteiger partial charge in [-0.25, -0.2) is 13.2 Å². The average molecular weight is 391 g/mol. The molecule has 0 aliphatic heterocycles. The highest BCUT2D eigenvalue weighted by molar-refractivity contribution is 7.89. The molecule has 0 radical (unpaired) electrons. The number of benzene rings is 2. The average Bonchev–Trinajstić information content (AvgIpc) is 2.66. The number of sulfonamides is 1. The van der Waals surface area contributed by atoms with E-state index in [2.05, 4.69) is 0 Å². The maximum atomic E-state index is 13.2. The van der Waals surface area contributed by atoms with Crippen LogP contribution in [0.15, 0.2) is 59.5 Å². The Morgan fingerprint density at radius 3 is 2.33 bits per heavy atom. The zero-order valence-electron chi connectivity index (χ0n) is 16.0. The van der Waals surface area contributed by atoms with Gasteiger partial charge in [-0.15, -0.1) is 0 Å².